The summed E-state index contributed by atoms with van der Waals surface area (Å²) in [6, 6.07) is 14.6. The third kappa shape index (κ3) is 7.21. The van der Waals surface area contributed by atoms with E-state index in [9.17, 15) is 19.8 Å². The minimum absolute atomic E-state index is 0.164. The monoisotopic (exact) mass is 376 g/mol. The number of carboxylic acids is 2. The first-order valence-electron chi connectivity index (χ1n) is 8.90. The molecule has 0 fully saturated rings. The summed E-state index contributed by atoms with van der Waals surface area (Å²) in [6.45, 7) is 1.16. The predicted octanol–water partition coefficient (Wildman–Crippen LogP) is -0.252. The van der Waals surface area contributed by atoms with Gasteiger partial charge in [0, 0.05) is 26.2 Å². The Labute approximate surface area is 167 Å². The Morgan fingerprint density at radius 2 is 1.07 bits per heavy atom. The second kappa shape index (κ2) is 10.7. The van der Waals surface area contributed by atoms with Crippen molar-refractivity contribution in [2.75, 3.05) is 26.2 Å². The maximum absolute atomic E-state index is 11.2. The number of rotatable bonds is 11. The summed E-state index contributed by atoms with van der Waals surface area (Å²) in [6.07, 6.45) is 0. The van der Waals surface area contributed by atoms with Gasteiger partial charge in [0.05, 0.1) is 13.1 Å². The highest BCUT2D eigenvalue weighted by Crippen LogP contribution is 2.06. The van der Waals surface area contributed by atoms with Gasteiger partial charge in [-0.05, 0) is 11.1 Å². The largest absolute Gasteiger partial charge is 0.480 e. The van der Waals surface area contributed by atoms with E-state index >= 15 is 0 Å². The van der Waals surface area contributed by atoms with Crippen molar-refractivity contribution in [2.45, 2.75) is 13.1 Å². The zero-order valence-electron chi connectivity index (χ0n) is 15.6. The van der Waals surface area contributed by atoms with E-state index in [2.05, 4.69) is 0 Å². The summed E-state index contributed by atoms with van der Waals surface area (Å²) in [5, 5.41) is 18.4. The van der Waals surface area contributed by atoms with E-state index in [4.69, 9.17) is 15.7 Å². The summed E-state index contributed by atoms with van der Waals surface area (Å²) < 4.78 is 0. The van der Waals surface area contributed by atoms with Crippen molar-refractivity contribution in [1.82, 2.24) is 9.80 Å². The van der Waals surface area contributed by atoms with E-state index in [0.717, 1.165) is 11.1 Å². The smallest absolute Gasteiger partial charge is 0.317 e. The summed E-state index contributed by atoms with van der Waals surface area (Å²) in [5.41, 5.74) is 2.86. The average Bonchev–Trinajstić information content (AvgIpc) is 2.62. The Morgan fingerprint density at radius 1 is 0.714 bits per heavy atom. The minimum atomic E-state index is -0.952. The molecule has 8 heteroatoms. The number of carbonyl (C=O) groups is 2. The van der Waals surface area contributed by atoms with Crippen molar-refractivity contribution in [3.05, 3.63) is 59.7 Å². The van der Waals surface area contributed by atoms with Gasteiger partial charge in [-0.15, -0.1) is 0 Å². The van der Waals surface area contributed by atoms with E-state index < -0.39 is 11.9 Å². The van der Waals surface area contributed by atoms with E-state index in [1.54, 1.807) is 21.9 Å². The lowest BCUT2D eigenvalue weighted by atomic mass is 9.90. The number of benzene rings is 2. The summed E-state index contributed by atoms with van der Waals surface area (Å²) in [4.78, 5) is 26.0. The third-order valence-electron chi connectivity index (χ3n) is 4.35. The third-order valence-corrected chi connectivity index (χ3v) is 4.35. The molecule has 0 saturated heterocycles. The zero-order valence-corrected chi connectivity index (χ0v) is 15.6. The molecule has 28 heavy (non-hydrogen) atoms. The number of carboxylic acid groups (broad SMARTS) is 2. The van der Waals surface area contributed by atoms with E-state index in [-0.39, 0.29) is 13.1 Å². The zero-order chi connectivity index (χ0) is 20.5. The Morgan fingerprint density at radius 3 is 1.39 bits per heavy atom. The average molecular weight is 376 g/mol. The Bertz CT molecular complexity index is 749. The fourth-order valence-corrected chi connectivity index (χ4v) is 2.93. The lowest BCUT2D eigenvalue weighted by Gasteiger charge is -2.27. The van der Waals surface area contributed by atoms with Crippen LogP contribution in [0.15, 0.2) is 48.5 Å². The quantitative estimate of drug-likeness (QED) is 0.527. The van der Waals surface area contributed by atoms with Crippen molar-refractivity contribution >= 4 is 38.6 Å². The highest BCUT2D eigenvalue weighted by Gasteiger charge is 2.16. The van der Waals surface area contributed by atoms with Gasteiger partial charge >= 0.3 is 11.9 Å². The minimum Gasteiger partial charge on any atom is -0.480 e. The summed E-state index contributed by atoms with van der Waals surface area (Å²) in [5.74, 6) is -1.90. The SMILES string of the molecule is [B]c1ccccc1CN(CCN(CC(=O)O)Cc1ccccc1[B])CC(=O)O. The second-order valence-corrected chi connectivity index (χ2v) is 6.61. The van der Waals surface area contributed by atoms with Gasteiger partial charge in [0.2, 0.25) is 0 Å². The topological polar surface area (TPSA) is 81.1 Å². The van der Waals surface area contributed by atoms with Gasteiger partial charge in [-0.2, -0.15) is 0 Å². The number of hydrogen-bond donors (Lipinski definition) is 2. The van der Waals surface area contributed by atoms with Crippen LogP contribution in [-0.2, 0) is 22.7 Å². The van der Waals surface area contributed by atoms with E-state index in [0.29, 0.717) is 37.1 Å². The van der Waals surface area contributed by atoms with Crippen molar-refractivity contribution in [2.24, 2.45) is 0 Å². The highest BCUT2D eigenvalue weighted by molar-refractivity contribution is 6.33. The van der Waals surface area contributed by atoms with Gasteiger partial charge in [-0.1, -0.05) is 59.5 Å². The van der Waals surface area contributed by atoms with Crippen LogP contribution in [0.25, 0.3) is 0 Å². The molecule has 4 radical (unpaired) electrons. The molecule has 2 N–H and O–H groups in total. The van der Waals surface area contributed by atoms with E-state index in [1.165, 1.54) is 0 Å². The summed E-state index contributed by atoms with van der Waals surface area (Å²) in [7, 11) is 11.9. The van der Waals surface area contributed by atoms with Gasteiger partial charge in [0.1, 0.15) is 15.7 Å². The number of nitrogens with zero attached hydrogens (tertiary/aromatic N) is 2. The molecule has 0 aliphatic heterocycles. The van der Waals surface area contributed by atoms with Crippen molar-refractivity contribution in [1.29, 1.82) is 0 Å². The Balaban J connectivity index is 2.07. The molecular weight excluding hydrogens is 354 g/mol. The molecule has 2 aromatic rings. The van der Waals surface area contributed by atoms with Crippen LogP contribution in [0.3, 0.4) is 0 Å². The van der Waals surface area contributed by atoms with Crippen molar-refractivity contribution in [3.63, 3.8) is 0 Å². The molecule has 0 aliphatic rings. The Kier molecular flexibility index (Phi) is 8.29. The molecule has 0 aliphatic carbocycles. The lowest BCUT2D eigenvalue weighted by molar-refractivity contribution is -0.140. The molecule has 2 aromatic carbocycles. The molecule has 2 rings (SSSR count). The number of hydrogen-bond acceptors (Lipinski definition) is 4. The lowest BCUT2D eigenvalue weighted by Crippen LogP contribution is -2.40. The van der Waals surface area contributed by atoms with Crippen LogP contribution < -0.4 is 10.9 Å². The Hall–Kier alpha value is -2.57. The van der Waals surface area contributed by atoms with E-state index in [1.807, 2.05) is 36.4 Å². The molecule has 0 amide bonds. The van der Waals surface area contributed by atoms with Crippen LogP contribution in [0.2, 0.25) is 0 Å². The normalized spacial score (nSPS) is 11.1. The second-order valence-electron chi connectivity index (χ2n) is 6.61. The van der Waals surface area contributed by atoms with Crippen LogP contribution in [0.1, 0.15) is 11.1 Å². The molecule has 0 unspecified atom stereocenters. The molecule has 0 aromatic heterocycles. The van der Waals surface area contributed by atoms with Crippen LogP contribution in [0, 0.1) is 0 Å². The molecule has 0 atom stereocenters. The predicted molar refractivity (Wildman–Crippen MR) is 109 cm³/mol. The first-order chi connectivity index (χ1) is 13.3. The van der Waals surface area contributed by atoms with Gasteiger partial charge in [-0.3, -0.25) is 19.4 Å². The fraction of sp³-hybridized carbons (Fsp3) is 0.300. The van der Waals surface area contributed by atoms with Crippen LogP contribution in [-0.4, -0.2) is 73.8 Å². The molecular formula is C20H22B2N2O4. The van der Waals surface area contributed by atoms with Crippen LogP contribution >= 0.6 is 0 Å². The fourth-order valence-electron chi connectivity index (χ4n) is 2.93. The first-order valence-corrected chi connectivity index (χ1v) is 8.90. The number of aliphatic carboxylic acids is 2. The maximum Gasteiger partial charge on any atom is 0.317 e. The highest BCUT2D eigenvalue weighted by atomic mass is 16.4. The van der Waals surface area contributed by atoms with Crippen molar-refractivity contribution < 1.29 is 19.8 Å². The molecule has 0 saturated carbocycles. The molecule has 6 nitrogen and oxygen atoms in total. The van der Waals surface area contributed by atoms with Crippen LogP contribution in [0.5, 0.6) is 0 Å². The van der Waals surface area contributed by atoms with Gasteiger partial charge in [0.15, 0.2) is 0 Å². The van der Waals surface area contributed by atoms with Gasteiger partial charge in [0.25, 0.3) is 0 Å². The van der Waals surface area contributed by atoms with Crippen LogP contribution in [0.4, 0.5) is 0 Å². The summed E-state index contributed by atoms with van der Waals surface area (Å²) >= 11 is 0. The van der Waals surface area contributed by atoms with Crippen molar-refractivity contribution in [3.8, 4) is 0 Å². The molecule has 142 valence electrons. The molecule has 0 heterocycles. The van der Waals surface area contributed by atoms with Gasteiger partial charge in [-0.25, -0.2) is 0 Å². The molecule has 0 bridgehead atoms. The first kappa shape index (κ1) is 21.7. The van der Waals surface area contributed by atoms with Gasteiger partial charge < -0.3 is 10.2 Å². The molecule has 0 spiro atoms. The maximum atomic E-state index is 11.2. The standard InChI is InChI=1S/C20H22B2N2O4/c21-17-7-3-1-5-15(17)11-23(13-19(25)26)9-10-24(14-20(27)28)12-16-6-2-4-8-18(16)22/h1-8H,9-14H2,(H,25,26)(H,27,28).